The molecule has 4 rings (SSSR count). The molecule has 2 fully saturated rings. The Bertz CT molecular complexity index is 736. The first-order valence-corrected chi connectivity index (χ1v) is 9.00. The van der Waals surface area contributed by atoms with Crippen molar-refractivity contribution in [1.29, 1.82) is 0 Å². The molecule has 134 valence electrons. The van der Waals surface area contributed by atoms with E-state index in [1.54, 1.807) is 4.90 Å². The summed E-state index contributed by atoms with van der Waals surface area (Å²) in [6.45, 7) is 3.79. The zero-order chi connectivity index (χ0) is 17.2. The topological polar surface area (TPSA) is 57.8 Å². The molecule has 0 saturated carbocycles. The van der Waals surface area contributed by atoms with E-state index < -0.39 is 0 Å². The Hall–Kier alpha value is -2.05. The Balaban J connectivity index is 1.28. The average molecular weight is 343 g/mol. The molecule has 2 aliphatic rings. The van der Waals surface area contributed by atoms with Crippen LogP contribution < -0.4 is 4.74 Å². The molecule has 1 unspecified atom stereocenters. The van der Waals surface area contributed by atoms with Crippen LogP contribution in [0.2, 0.25) is 0 Å². The van der Waals surface area contributed by atoms with Crippen LogP contribution in [0.25, 0.3) is 10.9 Å². The molecule has 6 heteroatoms. The summed E-state index contributed by atoms with van der Waals surface area (Å²) in [4.78, 5) is 18.9. The molecule has 1 amide bonds. The van der Waals surface area contributed by atoms with E-state index in [9.17, 15) is 4.79 Å². The number of hydrogen-bond acceptors (Lipinski definition) is 4. The number of aromatic amines is 1. The van der Waals surface area contributed by atoms with Crippen molar-refractivity contribution in [2.24, 2.45) is 0 Å². The molecule has 25 heavy (non-hydrogen) atoms. The third-order valence-corrected chi connectivity index (χ3v) is 5.19. The second-order valence-corrected chi connectivity index (χ2v) is 7.02. The normalized spacial score (nSPS) is 23.3. The number of likely N-dealkylation sites (N-methyl/N-ethyl adjacent to an activating group) is 1. The molecule has 2 aliphatic heterocycles. The van der Waals surface area contributed by atoms with E-state index in [1.165, 1.54) is 0 Å². The summed E-state index contributed by atoms with van der Waals surface area (Å²) < 4.78 is 11.9. The molecule has 1 N–H and O–H groups in total. The van der Waals surface area contributed by atoms with Crippen molar-refractivity contribution in [3.63, 3.8) is 0 Å². The van der Waals surface area contributed by atoms with Gasteiger partial charge in [0.1, 0.15) is 18.5 Å². The maximum absolute atomic E-state index is 11.5. The number of rotatable bonds is 4. The van der Waals surface area contributed by atoms with E-state index in [1.807, 2.05) is 25.4 Å². The van der Waals surface area contributed by atoms with Gasteiger partial charge in [-0.1, -0.05) is 6.07 Å². The van der Waals surface area contributed by atoms with Crippen LogP contribution >= 0.6 is 0 Å². The molecule has 3 heterocycles. The van der Waals surface area contributed by atoms with Gasteiger partial charge in [-0.25, -0.2) is 0 Å². The zero-order valence-electron chi connectivity index (χ0n) is 14.6. The van der Waals surface area contributed by atoms with Gasteiger partial charge in [-0.2, -0.15) is 0 Å². The average Bonchev–Trinajstić information content (AvgIpc) is 3.10. The van der Waals surface area contributed by atoms with Gasteiger partial charge in [0.25, 0.3) is 0 Å². The summed E-state index contributed by atoms with van der Waals surface area (Å²) in [6, 6.07) is 8.21. The monoisotopic (exact) mass is 343 g/mol. The second kappa shape index (κ2) is 7.06. The van der Waals surface area contributed by atoms with Gasteiger partial charge in [0.2, 0.25) is 5.91 Å². The van der Waals surface area contributed by atoms with Crippen molar-refractivity contribution >= 4 is 16.8 Å². The Morgan fingerprint density at radius 3 is 2.92 bits per heavy atom. The number of hydrogen-bond donors (Lipinski definition) is 1. The highest BCUT2D eigenvalue weighted by Gasteiger charge is 2.28. The number of nitrogens with one attached hydrogen (secondary N) is 1. The van der Waals surface area contributed by atoms with Crippen molar-refractivity contribution < 1.29 is 14.3 Å². The minimum Gasteiger partial charge on any atom is -0.490 e. The van der Waals surface area contributed by atoms with E-state index >= 15 is 0 Å². The summed E-state index contributed by atoms with van der Waals surface area (Å²) in [5.41, 5.74) is 1.11. The van der Waals surface area contributed by atoms with Crippen LogP contribution in [0.5, 0.6) is 5.75 Å². The van der Waals surface area contributed by atoms with Crippen LogP contribution in [0, 0.1) is 0 Å². The SMILES string of the molecule is CN1CC(CN2CCC(Oc3cccc4[nH]ccc34)CC2)OCC1=O. The maximum Gasteiger partial charge on any atom is 0.248 e. The van der Waals surface area contributed by atoms with E-state index in [2.05, 4.69) is 22.0 Å². The van der Waals surface area contributed by atoms with Gasteiger partial charge >= 0.3 is 0 Å². The number of amides is 1. The summed E-state index contributed by atoms with van der Waals surface area (Å²) in [7, 11) is 1.85. The molecule has 0 radical (unpaired) electrons. The first-order chi connectivity index (χ1) is 12.2. The number of aromatic nitrogens is 1. The van der Waals surface area contributed by atoms with Crippen LogP contribution in [0.4, 0.5) is 0 Å². The molecule has 6 nitrogen and oxygen atoms in total. The van der Waals surface area contributed by atoms with Crippen molar-refractivity contribution in [3.8, 4) is 5.75 Å². The lowest BCUT2D eigenvalue weighted by Gasteiger charge is -2.37. The first-order valence-electron chi connectivity index (χ1n) is 9.00. The lowest BCUT2D eigenvalue weighted by Crippen LogP contribution is -2.50. The lowest BCUT2D eigenvalue weighted by molar-refractivity contribution is -0.148. The van der Waals surface area contributed by atoms with E-state index in [0.29, 0.717) is 6.54 Å². The molecule has 1 atom stereocenters. The van der Waals surface area contributed by atoms with Gasteiger partial charge in [-0.3, -0.25) is 4.79 Å². The third-order valence-electron chi connectivity index (χ3n) is 5.19. The fourth-order valence-corrected chi connectivity index (χ4v) is 3.71. The van der Waals surface area contributed by atoms with E-state index in [0.717, 1.165) is 49.1 Å². The van der Waals surface area contributed by atoms with Crippen molar-refractivity contribution in [3.05, 3.63) is 30.5 Å². The van der Waals surface area contributed by atoms with Gasteiger partial charge in [0, 0.05) is 50.3 Å². The quantitative estimate of drug-likeness (QED) is 0.921. The Kier molecular flexibility index (Phi) is 4.63. The van der Waals surface area contributed by atoms with Crippen molar-refractivity contribution in [1.82, 2.24) is 14.8 Å². The number of ether oxygens (including phenoxy) is 2. The number of piperidine rings is 1. The second-order valence-electron chi connectivity index (χ2n) is 7.02. The largest absolute Gasteiger partial charge is 0.490 e. The molecule has 0 spiro atoms. The van der Waals surface area contributed by atoms with Crippen molar-refractivity contribution in [2.75, 3.05) is 39.8 Å². The molecule has 2 saturated heterocycles. The van der Waals surface area contributed by atoms with Gasteiger partial charge < -0.3 is 24.3 Å². The summed E-state index contributed by atoms with van der Waals surface area (Å²) in [5, 5.41) is 1.15. The predicted octanol–water partition coefficient (Wildman–Crippen LogP) is 1.87. The number of carbonyl (C=O) groups is 1. The highest BCUT2D eigenvalue weighted by atomic mass is 16.5. The minimum absolute atomic E-state index is 0.0716. The van der Waals surface area contributed by atoms with Gasteiger partial charge in [0.15, 0.2) is 0 Å². The highest BCUT2D eigenvalue weighted by Crippen LogP contribution is 2.27. The zero-order valence-corrected chi connectivity index (χ0v) is 14.6. The molecule has 2 aromatic rings. The van der Waals surface area contributed by atoms with Crippen LogP contribution in [0.15, 0.2) is 30.5 Å². The number of H-pyrrole nitrogens is 1. The highest BCUT2D eigenvalue weighted by molar-refractivity contribution is 5.85. The summed E-state index contributed by atoms with van der Waals surface area (Å²) >= 11 is 0. The van der Waals surface area contributed by atoms with Crippen LogP contribution in [0.1, 0.15) is 12.8 Å². The third kappa shape index (κ3) is 3.65. The fourth-order valence-electron chi connectivity index (χ4n) is 3.71. The molecule has 0 bridgehead atoms. The van der Waals surface area contributed by atoms with E-state index in [-0.39, 0.29) is 24.7 Å². The van der Waals surface area contributed by atoms with Crippen LogP contribution in [-0.2, 0) is 9.53 Å². The predicted molar refractivity (Wildman–Crippen MR) is 95.8 cm³/mol. The van der Waals surface area contributed by atoms with Crippen molar-refractivity contribution in [2.45, 2.75) is 25.0 Å². The molecule has 1 aromatic carbocycles. The summed E-state index contributed by atoms with van der Waals surface area (Å²) in [5.74, 6) is 1.04. The number of likely N-dealkylation sites (tertiary alicyclic amines) is 1. The van der Waals surface area contributed by atoms with Gasteiger partial charge in [0.05, 0.1) is 6.10 Å². The fraction of sp³-hybridized carbons (Fsp3) is 0.526. The van der Waals surface area contributed by atoms with Gasteiger partial charge in [-0.05, 0) is 31.0 Å². The number of nitrogens with zero attached hydrogens (tertiary/aromatic N) is 2. The summed E-state index contributed by atoms with van der Waals surface area (Å²) in [6.07, 6.45) is 4.36. The standard InChI is InChI=1S/C19H25N3O3/c1-21-11-15(24-13-19(21)23)12-22-9-6-14(7-10-22)25-18-4-2-3-17-16(18)5-8-20-17/h2-5,8,14-15,20H,6-7,9-13H2,1H3. The molecule has 1 aromatic heterocycles. The first kappa shape index (κ1) is 16.4. The van der Waals surface area contributed by atoms with E-state index in [4.69, 9.17) is 9.47 Å². The Morgan fingerprint density at radius 1 is 1.28 bits per heavy atom. The molecular formula is C19H25N3O3. The molecule has 0 aliphatic carbocycles. The Morgan fingerprint density at radius 2 is 2.12 bits per heavy atom. The van der Waals surface area contributed by atoms with Crippen LogP contribution in [0.3, 0.4) is 0 Å². The number of morpholine rings is 1. The molecular weight excluding hydrogens is 318 g/mol. The number of benzene rings is 1. The maximum atomic E-state index is 11.5. The number of fused-ring (bicyclic) bond motifs is 1. The smallest absolute Gasteiger partial charge is 0.248 e. The lowest BCUT2D eigenvalue weighted by atomic mass is 10.1. The van der Waals surface area contributed by atoms with Crippen LogP contribution in [-0.4, -0.2) is 72.7 Å². The number of carbonyl (C=O) groups excluding carboxylic acids is 1. The van der Waals surface area contributed by atoms with Gasteiger partial charge in [-0.15, -0.1) is 0 Å². The minimum atomic E-state index is 0.0716. The Labute approximate surface area is 147 Å².